The molecular formula is C44H25NO2S. The maximum atomic E-state index is 7.06. The standard InChI is InChI=1S/C44H25NO2S/c1-2-13-26(14-3-1)40-28-16-5-4-15-27(28)25-34(45-40)30-19-12-21-33-38(30)29-17-6-8-20-32(29)44(33)42-39(31-18-7-9-22-35(31)46-42)41-43(44)47-36-23-10-11-24-37(36)48-41/h1-25H. The smallest absolute Gasteiger partial charge is 0.141 e. The summed E-state index contributed by atoms with van der Waals surface area (Å²) < 4.78 is 14.0. The molecule has 0 saturated heterocycles. The molecule has 0 saturated carbocycles. The lowest BCUT2D eigenvalue weighted by atomic mass is 9.76. The first kappa shape index (κ1) is 26.3. The first-order valence-electron chi connectivity index (χ1n) is 16.2. The summed E-state index contributed by atoms with van der Waals surface area (Å²) in [6.07, 6.45) is 0. The fourth-order valence-corrected chi connectivity index (χ4v) is 9.33. The molecule has 2 aromatic heterocycles. The Morgan fingerprint density at radius 3 is 2.25 bits per heavy atom. The van der Waals surface area contributed by atoms with Crippen LogP contribution in [0.3, 0.4) is 0 Å². The van der Waals surface area contributed by atoms with E-state index in [9.17, 15) is 0 Å². The molecule has 1 unspecified atom stereocenters. The number of hydrogen-bond donors (Lipinski definition) is 0. The third kappa shape index (κ3) is 3.32. The Balaban J connectivity index is 1.24. The van der Waals surface area contributed by atoms with Crippen LogP contribution in [-0.4, -0.2) is 4.98 Å². The number of benzene rings is 6. The van der Waals surface area contributed by atoms with Crippen molar-refractivity contribution in [1.29, 1.82) is 0 Å². The summed E-state index contributed by atoms with van der Waals surface area (Å²) >= 11 is 1.78. The quantitative estimate of drug-likeness (QED) is 0.190. The predicted molar refractivity (Wildman–Crippen MR) is 194 cm³/mol. The zero-order chi connectivity index (χ0) is 31.4. The van der Waals surface area contributed by atoms with Crippen LogP contribution >= 0.6 is 11.8 Å². The fraction of sp³-hybridized carbons (Fsp3) is 0.0227. The molecule has 0 N–H and O–H groups in total. The van der Waals surface area contributed by atoms with Gasteiger partial charge >= 0.3 is 0 Å². The van der Waals surface area contributed by atoms with Gasteiger partial charge in [-0.25, -0.2) is 4.98 Å². The van der Waals surface area contributed by atoms with Crippen molar-refractivity contribution in [3.05, 3.63) is 180 Å². The van der Waals surface area contributed by atoms with E-state index in [2.05, 4.69) is 140 Å². The Bertz CT molecular complexity index is 2690. The van der Waals surface area contributed by atoms with E-state index in [1.165, 1.54) is 16.7 Å². The highest BCUT2D eigenvalue weighted by Gasteiger charge is 2.59. The average molecular weight is 632 g/mol. The monoisotopic (exact) mass is 631 g/mol. The maximum absolute atomic E-state index is 7.06. The van der Waals surface area contributed by atoms with Crippen molar-refractivity contribution in [3.8, 4) is 39.4 Å². The number of fused-ring (bicyclic) bond motifs is 13. The minimum absolute atomic E-state index is 0.759. The Labute approximate surface area is 281 Å². The van der Waals surface area contributed by atoms with Crippen LogP contribution < -0.4 is 4.74 Å². The second kappa shape index (κ2) is 9.60. The Kier molecular flexibility index (Phi) is 5.25. The number of aromatic nitrogens is 1. The molecule has 2 aliphatic carbocycles. The van der Waals surface area contributed by atoms with Gasteiger partial charge in [0.1, 0.15) is 28.3 Å². The minimum Gasteiger partial charge on any atom is -0.459 e. The summed E-state index contributed by atoms with van der Waals surface area (Å²) in [6.45, 7) is 0. The van der Waals surface area contributed by atoms with Crippen LogP contribution in [0, 0.1) is 0 Å². The van der Waals surface area contributed by atoms with Crippen molar-refractivity contribution < 1.29 is 9.15 Å². The summed E-state index contributed by atoms with van der Waals surface area (Å²) in [5.41, 5.74) is 10.0. The summed E-state index contributed by atoms with van der Waals surface area (Å²) in [6, 6.07) is 53.4. The highest BCUT2D eigenvalue weighted by Crippen LogP contribution is 2.68. The average Bonchev–Trinajstić information content (AvgIpc) is 3.77. The van der Waals surface area contributed by atoms with Crippen molar-refractivity contribution in [3.63, 3.8) is 0 Å². The summed E-state index contributed by atoms with van der Waals surface area (Å²) in [5, 5.41) is 3.41. The lowest BCUT2D eigenvalue weighted by Gasteiger charge is -2.31. The number of para-hydroxylation sites is 2. The van der Waals surface area contributed by atoms with Gasteiger partial charge in [0.05, 0.1) is 21.2 Å². The van der Waals surface area contributed by atoms with Crippen molar-refractivity contribution in [2.45, 2.75) is 10.3 Å². The highest BCUT2D eigenvalue weighted by atomic mass is 32.2. The first-order valence-corrected chi connectivity index (χ1v) is 17.0. The number of nitrogens with zero attached hydrogens (tertiary/aromatic N) is 1. The van der Waals surface area contributed by atoms with Gasteiger partial charge in [-0.05, 0) is 51.9 Å². The molecule has 224 valence electrons. The van der Waals surface area contributed by atoms with Crippen molar-refractivity contribution in [2.24, 2.45) is 0 Å². The topological polar surface area (TPSA) is 35.3 Å². The van der Waals surface area contributed by atoms with Crippen LogP contribution in [0.2, 0.25) is 0 Å². The molecule has 8 aromatic rings. The number of pyridine rings is 1. The van der Waals surface area contributed by atoms with Crippen molar-refractivity contribution in [2.75, 3.05) is 0 Å². The van der Waals surface area contributed by atoms with Gasteiger partial charge in [-0.15, -0.1) is 0 Å². The molecule has 48 heavy (non-hydrogen) atoms. The molecule has 3 aliphatic rings. The largest absolute Gasteiger partial charge is 0.459 e. The number of ether oxygens (including phenoxy) is 1. The van der Waals surface area contributed by atoms with Gasteiger partial charge in [0.25, 0.3) is 0 Å². The molecule has 0 bridgehead atoms. The molecule has 11 rings (SSSR count). The second-order valence-corrected chi connectivity index (χ2v) is 13.6. The Hall–Kier alpha value is -5.84. The number of allylic oxidation sites excluding steroid dienone is 1. The minimum atomic E-state index is -0.759. The Morgan fingerprint density at radius 2 is 1.31 bits per heavy atom. The Morgan fingerprint density at radius 1 is 0.583 bits per heavy atom. The molecule has 3 nitrogen and oxygen atoms in total. The zero-order valence-electron chi connectivity index (χ0n) is 25.6. The third-order valence-electron chi connectivity index (χ3n) is 10.1. The van der Waals surface area contributed by atoms with Crippen LogP contribution in [0.25, 0.3) is 60.3 Å². The third-order valence-corrected chi connectivity index (χ3v) is 11.3. The van der Waals surface area contributed by atoms with E-state index in [4.69, 9.17) is 14.1 Å². The van der Waals surface area contributed by atoms with Gasteiger partial charge in [0.15, 0.2) is 0 Å². The van der Waals surface area contributed by atoms with Crippen LogP contribution in [0.4, 0.5) is 0 Å². The molecule has 1 spiro atoms. The molecular weight excluding hydrogens is 607 g/mol. The van der Waals surface area contributed by atoms with E-state index in [1.807, 2.05) is 12.1 Å². The number of rotatable bonds is 2. The molecule has 1 aliphatic heterocycles. The predicted octanol–water partition coefficient (Wildman–Crippen LogP) is 11.5. The van der Waals surface area contributed by atoms with Crippen LogP contribution in [0.5, 0.6) is 5.75 Å². The molecule has 4 heteroatoms. The van der Waals surface area contributed by atoms with Crippen LogP contribution in [0.15, 0.2) is 167 Å². The summed E-state index contributed by atoms with van der Waals surface area (Å²) in [4.78, 5) is 7.66. The van der Waals surface area contributed by atoms with Crippen LogP contribution in [-0.2, 0) is 5.41 Å². The first-order chi connectivity index (χ1) is 23.8. The van der Waals surface area contributed by atoms with Gasteiger partial charge in [-0.3, -0.25) is 0 Å². The SMILES string of the molecule is c1ccc(-c2nc(-c3cccc4c3-c3ccccc3C43C4=C(Sc5ccccc5O4)c4c3oc3ccccc43)cc3ccccc23)cc1. The molecule has 1 atom stereocenters. The second-order valence-electron chi connectivity index (χ2n) is 12.6. The van der Waals surface area contributed by atoms with Gasteiger partial charge < -0.3 is 9.15 Å². The van der Waals surface area contributed by atoms with Gasteiger partial charge in [0, 0.05) is 27.5 Å². The number of hydrogen-bond acceptors (Lipinski definition) is 4. The molecule has 0 amide bonds. The molecule has 6 aromatic carbocycles. The van der Waals surface area contributed by atoms with E-state index in [-0.39, 0.29) is 0 Å². The lowest BCUT2D eigenvalue weighted by Crippen LogP contribution is -2.30. The van der Waals surface area contributed by atoms with Gasteiger partial charge in [-0.2, -0.15) is 0 Å². The van der Waals surface area contributed by atoms with E-state index in [0.29, 0.717) is 0 Å². The molecule has 0 fully saturated rings. The number of thioether (sulfide) groups is 1. The van der Waals surface area contributed by atoms with Gasteiger partial charge in [-0.1, -0.05) is 139 Å². The summed E-state index contributed by atoms with van der Waals surface area (Å²) in [7, 11) is 0. The van der Waals surface area contributed by atoms with E-state index < -0.39 is 5.41 Å². The summed E-state index contributed by atoms with van der Waals surface area (Å²) in [5.74, 6) is 2.72. The maximum Gasteiger partial charge on any atom is 0.141 e. The lowest BCUT2D eigenvalue weighted by molar-refractivity contribution is 0.343. The van der Waals surface area contributed by atoms with E-state index in [1.54, 1.807) is 11.8 Å². The van der Waals surface area contributed by atoms with Crippen molar-refractivity contribution >= 4 is 38.4 Å². The zero-order valence-corrected chi connectivity index (χ0v) is 26.4. The highest BCUT2D eigenvalue weighted by molar-refractivity contribution is 8.08. The fourth-order valence-electron chi connectivity index (χ4n) is 8.16. The molecule has 3 heterocycles. The van der Waals surface area contributed by atoms with E-state index in [0.717, 1.165) is 82.5 Å². The van der Waals surface area contributed by atoms with E-state index >= 15 is 0 Å². The molecule has 0 radical (unpaired) electrons. The van der Waals surface area contributed by atoms with Crippen LogP contribution in [0.1, 0.15) is 22.5 Å². The normalized spacial score (nSPS) is 16.8. The van der Waals surface area contributed by atoms with Crippen molar-refractivity contribution in [1.82, 2.24) is 4.98 Å². The van der Waals surface area contributed by atoms with Gasteiger partial charge in [0.2, 0.25) is 0 Å². The number of furan rings is 1.